The van der Waals surface area contributed by atoms with E-state index in [-0.39, 0.29) is 5.91 Å². The third-order valence-corrected chi connectivity index (χ3v) is 3.19. The smallest absolute Gasteiger partial charge is 0.273 e. The molecule has 1 aromatic heterocycles. The number of unbranched alkanes of at least 4 members (excludes halogenated alkanes) is 1. The van der Waals surface area contributed by atoms with Gasteiger partial charge in [0.25, 0.3) is 5.91 Å². The van der Waals surface area contributed by atoms with E-state index in [1.807, 2.05) is 20.9 Å². The molecule has 3 nitrogen and oxygen atoms in total. The molecule has 0 spiro atoms. The number of aryl methyl sites for hydroxylation is 2. The number of amides is 1. The van der Waals surface area contributed by atoms with Gasteiger partial charge in [0.05, 0.1) is 5.01 Å². The molecule has 15 heavy (non-hydrogen) atoms. The van der Waals surface area contributed by atoms with Gasteiger partial charge in [0, 0.05) is 18.5 Å². The van der Waals surface area contributed by atoms with Crippen LogP contribution in [0.5, 0.6) is 0 Å². The van der Waals surface area contributed by atoms with E-state index in [2.05, 4.69) is 11.9 Å². The minimum absolute atomic E-state index is 0.0466. The van der Waals surface area contributed by atoms with E-state index < -0.39 is 0 Å². The Balaban J connectivity index is 2.71. The summed E-state index contributed by atoms with van der Waals surface area (Å²) in [5.41, 5.74) is 0.621. The lowest BCUT2D eigenvalue weighted by molar-refractivity contribution is 0.0787. The molecular weight excluding hydrogens is 208 g/mol. The molecule has 0 unspecified atom stereocenters. The van der Waals surface area contributed by atoms with Crippen molar-refractivity contribution in [2.24, 2.45) is 0 Å². The highest BCUT2D eigenvalue weighted by Gasteiger charge is 2.17. The predicted molar refractivity (Wildman–Crippen MR) is 63.5 cm³/mol. The van der Waals surface area contributed by atoms with Gasteiger partial charge in [-0.3, -0.25) is 4.79 Å². The van der Waals surface area contributed by atoms with Crippen LogP contribution in [0.25, 0.3) is 0 Å². The lowest BCUT2D eigenvalue weighted by atomic mass is 10.3. The zero-order chi connectivity index (χ0) is 11.4. The van der Waals surface area contributed by atoms with E-state index in [1.165, 1.54) is 0 Å². The number of thiazole rings is 1. The Morgan fingerprint density at radius 3 is 2.60 bits per heavy atom. The van der Waals surface area contributed by atoms with Crippen molar-refractivity contribution in [3.8, 4) is 0 Å². The molecule has 0 atom stereocenters. The molecular formula is C11H18N2OS. The molecule has 0 saturated heterocycles. The summed E-state index contributed by atoms with van der Waals surface area (Å²) in [6.45, 7) is 6.81. The van der Waals surface area contributed by atoms with Gasteiger partial charge in [0.2, 0.25) is 0 Å². The molecule has 84 valence electrons. The van der Waals surface area contributed by atoms with Gasteiger partial charge in [-0.15, -0.1) is 11.3 Å². The Bertz CT molecular complexity index is 346. The summed E-state index contributed by atoms with van der Waals surface area (Å²) in [5.74, 6) is 0.0466. The maximum Gasteiger partial charge on any atom is 0.273 e. The Hall–Kier alpha value is -0.900. The highest BCUT2D eigenvalue weighted by atomic mass is 32.1. The van der Waals surface area contributed by atoms with E-state index >= 15 is 0 Å². The molecule has 0 fully saturated rings. The quantitative estimate of drug-likeness (QED) is 0.790. The second kappa shape index (κ2) is 5.26. The first-order valence-electron chi connectivity index (χ1n) is 5.25. The molecule has 0 radical (unpaired) electrons. The predicted octanol–water partition coefficient (Wildman–Crippen LogP) is 2.63. The van der Waals surface area contributed by atoms with E-state index in [1.54, 1.807) is 16.2 Å². The van der Waals surface area contributed by atoms with Gasteiger partial charge in [0.15, 0.2) is 0 Å². The first kappa shape index (κ1) is 12.2. The number of carbonyl (C=O) groups excluding carboxylic acids is 1. The van der Waals surface area contributed by atoms with Crippen LogP contribution < -0.4 is 0 Å². The molecule has 0 N–H and O–H groups in total. The minimum Gasteiger partial charge on any atom is -0.340 e. The Morgan fingerprint density at radius 1 is 1.47 bits per heavy atom. The topological polar surface area (TPSA) is 33.2 Å². The summed E-state index contributed by atoms with van der Waals surface area (Å²) >= 11 is 1.58. The molecule has 1 rings (SSSR count). The molecule has 1 heterocycles. The first-order valence-corrected chi connectivity index (χ1v) is 6.07. The second-order valence-corrected chi connectivity index (χ2v) is 5.13. The van der Waals surface area contributed by atoms with Gasteiger partial charge in [-0.25, -0.2) is 4.98 Å². The fraction of sp³-hybridized carbons (Fsp3) is 0.636. The molecule has 1 aromatic rings. The van der Waals surface area contributed by atoms with Gasteiger partial charge >= 0.3 is 0 Å². The summed E-state index contributed by atoms with van der Waals surface area (Å²) < 4.78 is 0. The average Bonchev–Trinajstić information content (AvgIpc) is 2.53. The number of hydrogen-bond acceptors (Lipinski definition) is 3. The largest absolute Gasteiger partial charge is 0.340 e. The summed E-state index contributed by atoms with van der Waals surface area (Å²) in [6, 6.07) is 0. The van der Waals surface area contributed by atoms with Crippen LogP contribution >= 0.6 is 11.3 Å². The fourth-order valence-corrected chi connectivity index (χ4v) is 2.21. The lowest BCUT2D eigenvalue weighted by Gasteiger charge is -2.15. The van der Waals surface area contributed by atoms with Crippen LogP contribution in [0.3, 0.4) is 0 Å². The lowest BCUT2D eigenvalue weighted by Crippen LogP contribution is -2.28. The molecule has 0 bridgehead atoms. The van der Waals surface area contributed by atoms with Crippen molar-refractivity contribution in [3.05, 3.63) is 15.6 Å². The first-order chi connectivity index (χ1) is 7.06. The molecule has 0 saturated carbocycles. The van der Waals surface area contributed by atoms with Gasteiger partial charge < -0.3 is 4.90 Å². The third kappa shape index (κ3) is 3.02. The monoisotopic (exact) mass is 226 g/mol. The van der Waals surface area contributed by atoms with Crippen molar-refractivity contribution in [1.82, 2.24) is 9.88 Å². The number of carbonyl (C=O) groups is 1. The maximum atomic E-state index is 12.0. The zero-order valence-corrected chi connectivity index (χ0v) is 10.6. The van der Waals surface area contributed by atoms with Crippen LogP contribution in [0.4, 0.5) is 0 Å². The van der Waals surface area contributed by atoms with Crippen molar-refractivity contribution in [2.45, 2.75) is 33.6 Å². The van der Waals surface area contributed by atoms with Gasteiger partial charge in [-0.2, -0.15) is 0 Å². The van der Waals surface area contributed by atoms with Gasteiger partial charge in [0.1, 0.15) is 5.69 Å². The molecule has 0 aliphatic carbocycles. The fourth-order valence-electron chi connectivity index (χ4n) is 1.40. The summed E-state index contributed by atoms with van der Waals surface area (Å²) in [5, 5.41) is 0.958. The average molecular weight is 226 g/mol. The Morgan fingerprint density at radius 2 is 2.13 bits per heavy atom. The Kier molecular flexibility index (Phi) is 4.27. The van der Waals surface area contributed by atoms with Crippen molar-refractivity contribution in [3.63, 3.8) is 0 Å². The second-order valence-electron chi connectivity index (χ2n) is 3.72. The maximum absolute atomic E-state index is 12.0. The minimum atomic E-state index is 0.0466. The van der Waals surface area contributed by atoms with Gasteiger partial charge in [-0.1, -0.05) is 13.3 Å². The number of hydrogen-bond donors (Lipinski definition) is 0. The number of nitrogens with zero attached hydrogens (tertiary/aromatic N) is 2. The van der Waals surface area contributed by atoms with Crippen molar-refractivity contribution in [2.75, 3.05) is 13.6 Å². The zero-order valence-electron chi connectivity index (χ0n) is 9.83. The van der Waals surface area contributed by atoms with Crippen molar-refractivity contribution in [1.29, 1.82) is 0 Å². The molecule has 0 aromatic carbocycles. The molecule has 0 aliphatic heterocycles. The van der Waals surface area contributed by atoms with Crippen LogP contribution in [0.15, 0.2) is 0 Å². The SMILES string of the molecule is CCCCN(C)C(=O)c1nc(C)sc1C. The van der Waals surface area contributed by atoms with E-state index in [0.29, 0.717) is 5.69 Å². The van der Waals surface area contributed by atoms with Gasteiger partial charge in [-0.05, 0) is 20.3 Å². The standard InChI is InChI=1S/C11H18N2OS/c1-5-6-7-13(4)11(14)10-8(2)15-9(3)12-10/h5-7H2,1-4H3. The highest BCUT2D eigenvalue weighted by molar-refractivity contribution is 7.11. The summed E-state index contributed by atoms with van der Waals surface area (Å²) in [7, 11) is 1.84. The van der Waals surface area contributed by atoms with E-state index in [0.717, 1.165) is 29.3 Å². The molecule has 4 heteroatoms. The van der Waals surface area contributed by atoms with E-state index in [4.69, 9.17) is 0 Å². The van der Waals surface area contributed by atoms with Crippen LogP contribution in [-0.2, 0) is 0 Å². The number of rotatable bonds is 4. The van der Waals surface area contributed by atoms with Crippen molar-refractivity contribution < 1.29 is 4.79 Å². The molecule has 1 amide bonds. The third-order valence-electron chi connectivity index (χ3n) is 2.30. The van der Waals surface area contributed by atoms with Crippen LogP contribution in [0.1, 0.15) is 40.1 Å². The number of aromatic nitrogens is 1. The van der Waals surface area contributed by atoms with Crippen LogP contribution in [0, 0.1) is 13.8 Å². The molecule has 0 aliphatic rings. The van der Waals surface area contributed by atoms with Crippen LogP contribution in [-0.4, -0.2) is 29.4 Å². The van der Waals surface area contributed by atoms with Crippen LogP contribution in [0.2, 0.25) is 0 Å². The van der Waals surface area contributed by atoms with E-state index in [9.17, 15) is 4.79 Å². The van der Waals surface area contributed by atoms with Crippen molar-refractivity contribution >= 4 is 17.2 Å². The summed E-state index contributed by atoms with van der Waals surface area (Å²) in [6.07, 6.45) is 2.15. The normalized spacial score (nSPS) is 10.4. The Labute approximate surface area is 95.1 Å². The highest BCUT2D eigenvalue weighted by Crippen LogP contribution is 2.17. The summed E-state index contributed by atoms with van der Waals surface area (Å²) in [4.78, 5) is 19.0.